The predicted molar refractivity (Wildman–Crippen MR) is 89.0 cm³/mol. The van der Waals surface area contributed by atoms with E-state index in [1.807, 2.05) is 23.2 Å². The summed E-state index contributed by atoms with van der Waals surface area (Å²) in [6.45, 7) is 0.664. The van der Waals surface area contributed by atoms with Gasteiger partial charge in [0.15, 0.2) is 0 Å². The molecule has 24 heavy (non-hydrogen) atoms. The van der Waals surface area contributed by atoms with Gasteiger partial charge in [-0.05, 0) is 42.2 Å². The van der Waals surface area contributed by atoms with Gasteiger partial charge in [0.25, 0.3) is 0 Å². The second-order valence-electron chi connectivity index (χ2n) is 6.09. The van der Waals surface area contributed by atoms with Gasteiger partial charge in [-0.2, -0.15) is 0 Å². The molecule has 2 heterocycles. The van der Waals surface area contributed by atoms with Gasteiger partial charge >= 0.3 is 0 Å². The normalized spacial score (nSPS) is 20.3. The molecule has 1 aliphatic rings. The van der Waals surface area contributed by atoms with Crippen molar-refractivity contribution in [3.63, 3.8) is 0 Å². The minimum atomic E-state index is -0.316. The molecule has 0 radical (unpaired) electrons. The largest absolute Gasteiger partial charge is 0.379 e. The number of benzene rings is 1. The highest BCUT2D eigenvalue weighted by Gasteiger charge is 2.37. The van der Waals surface area contributed by atoms with Gasteiger partial charge in [0, 0.05) is 26.0 Å². The number of hydrogen-bond donors (Lipinski definition) is 0. The molecule has 1 saturated heterocycles. The van der Waals surface area contributed by atoms with Crippen LogP contribution in [0.1, 0.15) is 17.5 Å². The molecule has 0 bridgehead atoms. The summed E-state index contributed by atoms with van der Waals surface area (Å²) in [4.78, 5) is 18.7. The van der Waals surface area contributed by atoms with Crippen molar-refractivity contribution in [3.05, 3.63) is 65.7 Å². The molecule has 0 saturated carbocycles. The second-order valence-corrected chi connectivity index (χ2v) is 6.09. The van der Waals surface area contributed by atoms with Crippen molar-refractivity contribution < 1.29 is 13.9 Å². The van der Waals surface area contributed by atoms with Crippen LogP contribution in [0.4, 0.5) is 4.39 Å². The highest BCUT2D eigenvalue weighted by Crippen LogP contribution is 2.25. The van der Waals surface area contributed by atoms with Crippen LogP contribution in [-0.4, -0.2) is 41.6 Å². The van der Waals surface area contributed by atoms with E-state index in [1.54, 1.807) is 25.4 Å². The Morgan fingerprint density at radius 2 is 2.17 bits per heavy atom. The molecule has 126 valence electrons. The maximum absolute atomic E-state index is 13.3. The number of hydrogen-bond acceptors (Lipinski definition) is 3. The first kappa shape index (κ1) is 16.6. The number of likely N-dealkylation sites (tertiary alicyclic amines) is 1. The lowest BCUT2D eigenvalue weighted by Crippen LogP contribution is -2.42. The number of aromatic nitrogens is 1. The van der Waals surface area contributed by atoms with E-state index in [0.717, 1.165) is 12.0 Å². The van der Waals surface area contributed by atoms with Crippen molar-refractivity contribution in [3.8, 4) is 0 Å². The Hall–Kier alpha value is -2.27. The van der Waals surface area contributed by atoms with Gasteiger partial charge in [0.05, 0.1) is 18.6 Å². The lowest BCUT2D eigenvalue weighted by molar-refractivity contribution is -0.132. The number of pyridine rings is 1. The summed E-state index contributed by atoms with van der Waals surface area (Å²) in [5, 5.41) is 0. The monoisotopic (exact) mass is 328 g/mol. The average Bonchev–Trinajstić information content (AvgIpc) is 2.98. The molecule has 0 spiro atoms. The molecular formula is C19H21FN2O2. The molecule has 1 amide bonds. The van der Waals surface area contributed by atoms with Crippen LogP contribution in [0.25, 0.3) is 0 Å². The average molecular weight is 328 g/mol. The van der Waals surface area contributed by atoms with E-state index in [2.05, 4.69) is 4.98 Å². The minimum absolute atomic E-state index is 0.00837. The Bertz CT molecular complexity index is 693. The minimum Gasteiger partial charge on any atom is -0.379 e. The zero-order valence-electron chi connectivity index (χ0n) is 13.7. The van der Waals surface area contributed by atoms with E-state index in [9.17, 15) is 9.18 Å². The van der Waals surface area contributed by atoms with E-state index in [0.29, 0.717) is 18.5 Å². The van der Waals surface area contributed by atoms with E-state index in [1.165, 1.54) is 12.1 Å². The quantitative estimate of drug-likeness (QED) is 0.847. The summed E-state index contributed by atoms with van der Waals surface area (Å²) < 4.78 is 18.9. The first-order valence-corrected chi connectivity index (χ1v) is 8.13. The van der Waals surface area contributed by atoms with Crippen LogP contribution in [0, 0.1) is 5.82 Å². The molecule has 2 atom stereocenters. The molecule has 1 aliphatic heterocycles. The van der Waals surface area contributed by atoms with E-state index in [4.69, 9.17) is 4.74 Å². The van der Waals surface area contributed by atoms with Crippen LogP contribution >= 0.6 is 0 Å². The maximum atomic E-state index is 13.3. The molecule has 3 rings (SSSR count). The van der Waals surface area contributed by atoms with Crippen LogP contribution < -0.4 is 0 Å². The van der Waals surface area contributed by atoms with Crippen LogP contribution in [0.15, 0.2) is 48.8 Å². The van der Waals surface area contributed by atoms with E-state index in [-0.39, 0.29) is 30.3 Å². The van der Waals surface area contributed by atoms with Crippen LogP contribution in [0.3, 0.4) is 0 Å². The highest BCUT2D eigenvalue weighted by molar-refractivity contribution is 5.79. The molecule has 1 aromatic carbocycles. The second kappa shape index (κ2) is 7.53. The molecular weight excluding hydrogens is 307 g/mol. The van der Waals surface area contributed by atoms with Gasteiger partial charge in [-0.1, -0.05) is 18.2 Å². The molecule has 0 unspecified atom stereocenters. The standard InChI is InChI=1S/C19H21FN2O2/c1-24-18-7-9-22(17(18)11-15-5-3-8-21-13-15)19(23)12-14-4-2-6-16(20)10-14/h2-6,8,10,13,17-18H,7,9,11-12H2,1H3/t17-,18+/m0/s1. The lowest BCUT2D eigenvalue weighted by atomic mass is 10.0. The van der Waals surface area contributed by atoms with Crippen molar-refractivity contribution >= 4 is 5.91 Å². The van der Waals surface area contributed by atoms with Crippen LogP contribution in [-0.2, 0) is 22.4 Å². The van der Waals surface area contributed by atoms with Crippen LogP contribution in [0.2, 0.25) is 0 Å². The Labute approximate surface area is 141 Å². The predicted octanol–water partition coefficient (Wildman–Crippen LogP) is 2.62. The summed E-state index contributed by atoms with van der Waals surface area (Å²) in [5.41, 5.74) is 1.77. The molecule has 0 aliphatic carbocycles. The van der Waals surface area contributed by atoms with Gasteiger partial charge in [0.2, 0.25) is 5.91 Å². The lowest BCUT2D eigenvalue weighted by Gasteiger charge is -2.28. The Balaban J connectivity index is 1.73. The summed E-state index contributed by atoms with van der Waals surface area (Å²) in [6.07, 6.45) is 5.30. The number of ether oxygens (including phenoxy) is 1. The molecule has 0 N–H and O–H groups in total. The third kappa shape index (κ3) is 3.79. The van der Waals surface area contributed by atoms with Gasteiger partial charge in [-0.3, -0.25) is 9.78 Å². The maximum Gasteiger partial charge on any atom is 0.227 e. The SMILES string of the molecule is CO[C@@H]1CCN(C(=O)Cc2cccc(F)c2)[C@H]1Cc1cccnc1. The van der Waals surface area contributed by atoms with Crippen molar-refractivity contribution in [2.75, 3.05) is 13.7 Å². The zero-order valence-corrected chi connectivity index (χ0v) is 13.7. The number of halogens is 1. The van der Waals surface area contributed by atoms with Gasteiger partial charge in [-0.25, -0.2) is 4.39 Å². The van der Waals surface area contributed by atoms with Crippen molar-refractivity contribution in [2.24, 2.45) is 0 Å². The highest BCUT2D eigenvalue weighted by atomic mass is 19.1. The number of carbonyl (C=O) groups is 1. The molecule has 1 aromatic heterocycles. The third-order valence-corrected chi connectivity index (χ3v) is 4.52. The zero-order chi connectivity index (χ0) is 16.9. The smallest absolute Gasteiger partial charge is 0.227 e. The number of amides is 1. The molecule has 4 nitrogen and oxygen atoms in total. The molecule has 1 fully saturated rings. The Kier molecular flexibility index (Phi) is 5.20. The van der Waals surface area contributed by atoms with E-state index < -0.39 is 0 Å². The third-order valence-electron chi connectivity index (χ3n) is 4.52. The Morgan fingerprint density at radius 1 is 1.33 bits per heavy atom. The fourth-order valence-corrected chi connectivity index (χ4v) is 3.33. The van der Waals surface area contributed by atoms with Crippen molar-refractivity contribution in [1.82, 2.24) is 9.88 Å². The van der Waals surface area contributed by atoms with Crippen LogP contribution in [0.5, 0.6) is 0 Å². The van der Waals surface area contributed by atoms with E-state index >= 15 is 0 Å². The summed E-state index contributed by atoms with van der Waals surface area (Å²) in [5.74, 6) is -0.308. The summed E-state index contributed by atoms with van der Waals surface area (Å²) in [7, 11) is 1.68. The summed E-state index contributed by atoms with van der Waals surface area (Å²) in [6, 6.07) is 10.1. The number of nitrogens with zero attached hydrogens (tertiary/aromatic N) is 2. The molecule has 2 aromatic rings. The fraction of sp³-hybridized carbons (Fsp3) is 0.368. The van der Waals surface area contributed by atoms with Crippen molar-refractivity contribution in [1.29, 1.82) is 0 Å². The first-order chi connectivity index (χ1) is 11.7. The number of rotatable bonds is 5. The molecule has 5 heteroatoms. The first-order valence-electron chi connectivity index (χ1n) is 8.13. The summed E-state index contributed by atoms with van der Waals surface area (Å²) >= 11 is 0. The topological polar surface area (TPSA) is 42.4 Å². The van der Waals surface area contributed by atoms with Gasteiger partial charge < -0.3 is 9.64 Å². The van der Waals surface area contributed by atoms with Crippen molar-refractivity contribution in [2.45, 2.75) is 31.4 Å². The number of carbonyl (C=O) groups excluding carboxylic acids is 1. The number of methoxy groups -OCH3 is 1. The van der Waals surface area contributed by atoms with Gasteiger partial charge in [0.1, 0.15) is 5.82 Å². The van der Waals surface area contributed by atoms with Gasteiger partial charge in [-0.15, -0.1) is 0 Å². The Morgan fingerprint density at radius 3 is 2.88 bits per heavy atom. The fourth-order valence-electron chi connectivity index (χ4n) is 3.33.